The first-order chi connectivity index (χ1) is 10.2. The summed E-state index contributed by atoms with van der Waals surface area (Å²) >= 11 is 0. The van der Waals surface area contributed by atoms with Crippen LogP contribution in [0.5, 0.6) is 11.6 Å². The topological polar surface area (TPSA) is 58.4 Å². The Balaban J connectivity index is 1.88. The first-order valence-corrected chi connectivity index (χ1v) is 6.63. The number of nitriles is 1. The van der Waals surface area contributed by atoms with Gasteiger partial charge in [-0.15, -0.1) is 0 Å². The van der Waals surface area contributed by atoms with Crippen molar-refractivity contribution in [2.24, 2.45) is 0 Å². The maximum atomic E-state index is 9.08. The van der Waals surface area contributed by atoms with Crippen LogP contribution in [-0.4, -0.2) is 26.6 Å². The van der Waals surface area contributed by atoms with E-state index in [1.165, 1.54) is 5.46 Å². The summed E-state index contributed by atoms with van der Waals surface area (Å²) in [5, 5.41) is 9.08. The number of pyridine rings is 1. The van der Waals surface area contributed by atoms with Crippen LogP contribution in [0.2, 0.25) is 0 Å². The van der Waals surface area contributed by atoms with E-state index in [1.54, 1.807) is 17.0 Å². The summed E-state index contributed by atoms with van der Waals surface area (Å²) in [7, 11) is 4.36. The highest BCUT2D eigenvalue weighted by Crippen LogP contribution is 2.25. The highest BCUT2D eigenvalue weighted by Gasteiger charge is 2.14. The minimum Gasteiger partial charge on any atom is -0.439 e. The molecule has 0 saturated heterocycles. The van der Waals surface area contributed by atoms with Gasteiger partial charge in [-0.1, -0.05) is 6.07 Å². The molecule has 21 heavy (non-hydrogen) atoms. The van der Waals surface area contributed by atoms with Gasteiger partial charge in [-0.05, 0) is 29.2 Å². The molecule has 0 atom stereocenters. The molecule has 0 spiro atoms. The van der Waals surface area contributed by atoms with E-state index in [0.717, 1.165) is 11.3 Å². The molecule has 0 aliphatic carbocycles. The van der Waals surface area contributed by atoms with Crippen LogP contribution in [0.15, 0.2) is 30.3 Å². The Hall–Kier alpha value is -2.52. The van der Waals surface area contributed by atoms with E-state index in [0.29, 0.717) is 31.4 Å². The molecule has 2 heterocycles. The van der Waals surface area contributed by atoms with Crippen molar-refractivity contribution < 1.29 is 9.39 Å². The molecule has 0 unspecified atom stereocenters. The van der Waals surface area contributed by atoms with E-state index in [2.05, 4.69) is 11.1 Å². The van der Waals surface area contributed by atoms with E-state index in [4.69, 9.17) is 14.7 Å². The minimum absolute atomic E-state index is 0.469. The predicted molar refractivity (Wildman–Crippen MR) is 81.4 cm³/mol. The molecule has 104 valence electrons. The third-order valence-electron chi connectivity index (χ3n) is 3.31. The molecule has 3 rings (SSSR count). The van der Waals surface area contributed by atoms with Crippen molar-refractivity contribution in [2.45, 2.75) is 6.61 Å². The van der Waals surface area contributed by atoms with Crippen molar-refractivity contribution in [1.82, 2.24) is 4.98 Å². The number of fused-ring (bicyclic) bond motifs is 1. The van der Waals surface area contributed by atoms with E-state index in [9.17, 15) is 0 Å². The summed E-state index contributed by atoms with van der Waals surface area (Å²) in [4.78, 5) is 6.18. The van der Waals surface area contributed by atoms with Crippen molar-refractivity contribution in [1.29, 1.82) is 5.26 Å². The molecule has 0 bridgehead atoms. The lowest BCUT2D eigenvalue weighted by molar-refractivity contribution is 0.344. The highest BCUT2D eigenvalue weighted by atomic mass is 16.5. The van der Waals surface area contributed by atoms with Gasteiger partial charge in [0.2, 0.25) is 5.88 Å². The van der Waals surface area contributed by atoms with Crippen LogP contribution in [0.25, 0.3) is 0 Å². The van der Waals surface area contributed by atoms with E-state index in [-0.39, 0.29) is 0 Å². The Bertz CT molecular complexity index is 725. The molecule has 5 nitrogen and oxygen atoms in total. The minimum atomic E-state index is 0.469. The average Bonchev–Trinajstić information content (AvgIpc) is 2.94. The van der Waals surface area contributed by atoms with E-state index >= 15 is 0 Å². The molecule has 1 aliphatic rings. The number of hydrogen-bond donors (Lipinski definition) is 0. The normalized spacial score (nSPS) is 12.2. The number of rotatable bonds is 3. The van der Waals surface area contributed by atoms with Gasteiger partial charge in [0.1, 0.15) is 17.6 Å². The van der Waals surface area contributed by atoms with E-state index in [1.807, 2.05) is 32.3 Å². The quantitative estimate of drug-likeness (QED) is 0.793. The fourth-order valence-corrected chi connectivity index (χ4v) is 2.25. The molecule has 0 saturated carbocycles. The van der Waals surface area contributed by atoms with Crippen LogP contribution in [0.1, 0.15) is 11.1 Å². The van der Waals surface area contributed by atoms with Crippen molar-refractivity contribution >= 4 is 18.8 Å². The summed E-state index contributed by atoms with van der Waals surface area (Å²) in [6.07, 6.45) is 0. The lowest BCUT2D eigenvalue weighted by atomic mass is 9.87. The standard InChI is InChI=1S/C15H14BN3O2/c1-19(2)15-10(8-17)3-6-14(18-15)21-12-4-5-13-11(7-12)9-20-16-13/h3-7,16H,9H2,1-2H3. The molecule has 6 heteroatoms. The fourth-order valence-electron chi connectivity index (χ4n) is 2.25. The Morgan fingerprint density at radius 2 is 2.19 bits per heavy atom. The molecular formula is C15H14BN3O2. The van der Waals surface area contributed by atoms with Crippen LogP contribution < -0.4 is 15.1 Å². The second kappa shape index (κ2) is 5.47. The SMILES string of the molecule is CN(C)c1nc(Oc2ccc3c(c2)COB3)ccc1C#N. The fraction of sp³-hybridized carbons (Fsp3) is 0.200. The lowest BCUT2D eigenvalue weighted by Gasteiger charge is -2.14. The zero-order chi connectivity index (χ0) is 14.8. The molecule has 2 aromatic rings. The van der Waals surface area contributed by atoms with Gasteiger partial charge < -0.3 is 14.3 Å². The van der Waals surface area contributed by atoms with Gasteiger partial charge >= 0.3 is 7.48 Å². The van der Waals surface area contributed by atoms with Gasteiger partial charge in [0.05, 0.1) is 12.2 Å². The molecular weight excluding hydrogens is 265 g/mol. The Kier molecular flexibility index (Phi) is 3.51. The van der Waals surface area contributed by atoms with Crippen molar-refractivity contribution in [3.05, 3.63) is 41.5 Å². The lowest BCUT2D eigenvalue weighted by Crippen LogP contribution is -2.13. The monoisotopic (exact) mass is 279 g/mol. The second-order valence-corrected chi connectivity index (χ2v) is 5.05. The molecule has 0 amide bonds. The maximum absolute atomic E-state index is 9.08. The van der Waals surface area contributed by atoms with Crippen LogP contribution in [0.3, 0.4) is 0 Å². The van der Waals surface area contributed by atoms with Gasteiger partial charge in [0.25, 0.3) is 0 Å². The Labute approximate surface area is 124 Å². The number of benzene rings is 1. The number of anilines is 1. The van der Waals surface area contributed by atoms with Crippen LogP contribution in [0.4, 0.5) is 5.82 Å². The molecule has 0 fully saturated rings. The summed E-state index contributed by atoms with van der Waals surface area (Å²) < 4.78 is 11.2. The maximum Gasteiger partial charge on any atom is 0.309 e. The second-order valence-electron chi connectivity index (χ2n) is 5.05. The first kappa shape index (κ1) is 13.5. The summed E-state index contributed by atoms with van der Waals surface area (Å²) in [5.41, 5.74) is 2.87. The third kappa shape index (κ3) is 2.69. The largest absolute Gasteiger partial charge is 0.439 e. The number of ether oxygens (including phenoxy) is 1. The van der Waals surface area contributed by atoms with Crippen molar-refractivity contribution in [3.8, 4) is 17.7 Å². The predicted octanol–water partition coefficient (Wildman–Crippen LogP) is 1.32. The summed E-state index contributed by atoms with van der Waals surface area (Å²) in [6.45, 7) is 0.621. The number of hydrogen-bond acceptors (Lipinski definition) is 5. The van der Waals surface area contributed by atoms with Gasteiger partial charge in [-0.3, -0.25) is 0 Å². The van der Waals surface area contributed by atoms with Gasteiger partial charge in [-0.25, -0.2) is 0 Å². The molecule has 1 aliphatic heterocycles. The summed E-state index contributed by atoms with van der Waals surface area (Å²) in [5.74, 6) is 1.79. The van der Waals surface area contributed by atoms with Crippen molar-refractivity contribution in [2.75, 3.05) is 19.0 Å². The molecule has 0 N–H and O–H groups in total. The number of aromatic nitrogens is 1. The van der Waals surface area contributed by atoms with Crippen LogP contribution in [-0.2, 0) is 11.3 Å². The Morgan fingerprint density at radius 3 is 2.95 bits per heavy atom. The smallest absolute Gasteiger partial charge is 0.309 e. The summed E-state index contributed by atoms with van der Waals surface area (Å²) in [6, 6.07) is 11.4. The van der Waals surface area contributed by atoms with E-state index < -0.39 is 0 Å². The van der Waals surface area contributed by atoms with Crippen LogP contribution in [0, 0.1) is 11.3 Å². The molecule has 1 aromatic heterocycles. The highest BCUT2D eigenvalue weighted by molar-refractivity contribution is 6.48. The van der Waals surface area contributed by atoms with Gasteiger partial charge in [-0.2, -0.15) is 10.2 Å². The van der Waals surface area contributed by atoms with Crippen molar-refractivity contribution in [3.63, 3.8) is 0 Å². The molecule has 0 radical (unpaired) electrons. The third-order valence-corrected chi connectivity index (χ3v) is 3.31. The average molecular weight is 279 g/mol. The molecule has 1 aromatic carbocycles. The van der Waals surface area contributed by atoms with Gasteiger partial charge in [0.15, 0.2) is 0 Å². The van der Waals surface area contributed by atoms with Gasteiger partial charge in [0, 0.05) is 20.2 Å². The zero-order valence-corrected chi connectivity index (χ0v) is 12.0. The number of nitrogens with zero attached hydrogens (tertiary/aromatic N) is 3. The zero-order valence-electron chi connectivity index (χ0n) is 12.0. The Morgan fingerprint density at radius 1 is 1.33 bits per heavy atom. The first-order valence-electron chi connectivity index (χ1n) is 6.63. The van der Waals surface area contributed by atoms with Crippen LogP contribution >= 0.6 is 0 Å².